The number of hydrogen-bond donors (Lipinski definition) is 2. The van der Waals surface area contributed by atoms with E-state index in [9.17, 15) is 15.0 Å². The van der Waals surface area contributed by atoms with E-state index < -0.39 is 11.2 Å². The Morgan fingerprint density at radius 1 is 0.611 bits per heavy atom. The molecular weight excluding hydrogens is 228 g/mol. The summed E-state index contributed by atoms with van der Waals surface area (Å²) >= 11 is 0. The molecule has 0 saturated heterocycles. The summed E-state index contributed by atoms with van der Waals surface area (Å²) in [6.45, 7) is 0. The van der Waals surface area contributed by atoms with Crippen molar-refractivity contribution in [1.82, 2.24) is 0 Å². The van der Waals surface area contributed by atoms with Crippen LogP contribution in [0.25, 0.3) is 0 Å². The van der Waals surface area contributed by atoms with Crippen LogP contribution >= 0.6 is 0 Å². The molecular formula is C15H26O3. The Hall–Kier alpha value is -0.410. The molecule has 104 valence electrons. The maximum Gasteiger partial charge on any atom is 0.195 e. The lowest BCUT2D eigenvalue weighted by atomic mass is 9.77. The van der Waals surface area contributed by atoms with Crippen molar-refractivity contribution in [2.24, 2.45) is 0 Å². The predicted octanol–water partition coefficient (Wildman–Crippen LogP) is 2.73. The Labute approximate surface area is 110 Å². The zero-order valence-corrected chi connectivity index (χ0v) is 11.3. The molecule has 0 unspecified atom stereocenters. The summed E-state index contributed by atoms with van der Waals surface area (Å²) in [4.78, 5) is 12.6. The summed E-state index contributed by atoms with van der Waals surface area (Å²) in [5.41, 5.74) is -2.51. The second-order valence-corrected chi connectivity index (χ2v) is 6.22. The van der Waals surface area contributed by atoms with E-state index in [2.05, 4.69) is 0 Å². The first-order chi connectivity index (χ1) is 8.57. The highest BCUT2D eigenvalue weighted by molar-refractivity contribution is 5.94. The van der Waals surface area contributed by atoms with Crippen molar-refractivity contribution in [3.05, 3.63) is 0 Å². The quantitative estimate of drug-likeness (QED) is 0.745. The topological polar surface area (TPSA) is 57.5 Å². The van der Waals surface area contributed by atoms with Gasteiger partial charge in [0, 0.05) is 0 Å². The van der Waals surface area contributed by atoms with Gasteiger partial charge in [-0.2, -0.15) is 0 Å². The molecule has 2 rings (SSSR count). The van der Waals surface area contributed by atoms with E-state index in [1.165, 1.54) is 0 Å². The van der Waals surface area contributed by atoms with Crippen LogP contribution in [-0.4, -0.2) is 27.2 Å². The summed E-state index contributed by atoms with van der Waals surface area (Å²) < 4.78 is 0. The van der Waals surface area contributed by atoms with Crippen molar-refractivity contribution < 1.29 is 15.0 Å². The molecule has 0 amide bonds. The molecule has 0 bridgehead atoms. The third kappa shape index (κ3) is 2.94. The highest BCUT2D eigenvalue weighted by Crippen LogP contribution is 2.36. The molecule has 0 aromatic heterocycles. The Bertz CT molecular complexity index is 254. The van der Waals surface area contributed by atoms with Gasteiger partial charge in [0.05, 0.1) is 0 Å². The molecule has 3 nitrogen and oxygen atoms in total. The minimum Gasteiger partial charge on any atom is -0.382 e. The van der Waals surface area contributed by atoms with Gasteiger partial charge in [-0.15, -0.1) is 0 Å². The first kappa shape index (κ1) is 14.0. The van der Waals surface area contributed by atoms with E-state index in [4.69, 9.17) is 0 Å². The van der Waals surface area contributed by atoms with Gasteiger partial charge in [0.25, 0.3) is 0 Å². The second-order valence-electron chi connectivity index (χ2n) is 6.22. The number of hydrogen-bond acceptors (Lipinski definition) is 3. The van der Waals surface area contributed by atoms with Gasteiger partial charge in [0.1, 0.15) is 11.2 Å². The lowest BCUT2D eigenvalue weighted by Crippen LogP contribution is -2.52. The molecule has 2 aliphatic rings. The zero-order chi connectivity index (χ0) is 13.1. The lowest BCUT2D eigenvalue weighted by molar-refractivity contribution is -0.160. The third-order valence-corrected chi connectivity index (χ3v) is 4.71. The van der Waals surface area contributed by atoms with E-state index in [1.807, 2.05) is 0 Å². The molecule has 0 aliphatic heterocycles. The molecule has 2 saturated carbocycles. The van der Waals surface area contributed by atoms with E-state index in [0.29, 0.717) is 25.7 Å². The lowest BCUT2D eigenvalue weighted by Gasteiger charge is -2.35. The number of aliphatic hydroxyl groups is 2. The molecule has 0 spiro atoms. The van der Waals surface area contributed by atoms with Crippen molar-refractivity contribution in [2.75, 3.05) is 0 Å². The minimum absolute atomic E-state index is 0.279. The maximum atomic E-state index is 12.6. The molecule has 0 aromatic rings. The number of carbonyl (C=O) groups excluding carboxylic acids is 1. The molecule has 0 radical (unpaired) electrons. The maximum absolute atomic E-state index is 12.6. The molecule has 0 aromatic carbocycles. The number of Topliss-reactive ketones (excluding diaryl/α,β-unsaturated/α-hetero) is 1. The fraction of sp³-hybridized carbons (Fsp3) is 0.933. The van der Waals surface area contributed by atoms with Crippen LogP contribution < -0.4 is 0 Å². The van der Waals surface area contributed by atoms with Gasteiger partial charge >= 0.3 is 0 Å². The summed E-state index contributed by atoms with van der Waals surface area (Å²) in [7, 11) is 0. The standard InChI is InChI=1S/C15H26O3/c16-13(14(17)9-5-1-2-6-10-14)15(18)11-7-3-4-8-12-15/h17-18H,1-12H2. The zero-order valence-electron chi connectivity index (χ0n) is 11.3. The third-order valence-electron chi connectivity index (χ3n) is 4.71. The van der Waals surface area contributed by atoms with Crippen LogP contribution in [-0.2, 0) is 4.79 Å². The second kappa shape index (κ2) is 5.70. The number of ketones is 1. The molecule has 2 N–H and O–H groups in total. The van der Waals surface area contributed by atoms with Crippen LogP contribution in [0, 0.1) is 0 Å². The van der Waals surface area contributed by atoms with Crippen LogP contribution in [0.3, 0.4) is 0 Å². The van der Waals surface area contributed by atoms with Crippen molar-refractivity contribution in [2.45, 2.75) is 88.3 Å². The van der Waals surface area contributed by atoms with Crippen LogP contribution in [0.5, 0.6) is 0 Å². The highest BCUT2D eigenvalue weighted by atomic mass is 16.3. The number of rotatable bonds is 2. The van der Waals surface area contributed by atoms with Crippen molar-refractivity contribution in [3.8, 4) is 0 Å². The van der Waals surface area contributed by atoms with E-state index in [1.54, 1.807) is 0 Å². The van der Waals surface area contributed by atoms with Gasteiger partial charge in [0.15, 0.2) is 5.78 Å². The van der Waals surface area contributed by atoms with Gasteiger partial charge in [-0.3, -0.25) is 4.79 Å². The van der Waals surface area contributed by atoms with E-state index >= 15 is 0 Å². The predicted molar refractivity (Wildman–Crippen MR) is 70.3 cm³/mol. The fourth-order valence-corrected chi connectivity index (χ4v) is 3.51. The smallest absolute Gasteiger partial charge is 0.195 e. The van der Waals surface area contributed by atoms with Gasteiger partial charge in [-0.25, -0.2) is 0 Å². The van der Waals surface area contributed by atoms with Gasteiger partial charge in [-0.1, -0.05) is 51.4 Å². The Morgan fingerprint density at radius 2 is 0.889 bits per heavy atom. The average molecular weight is 254 g/mol. The summed E-state index contributed by atoms with van der Waals surface area (Å²) in [5.74, 6) is -0.279. The molecule has 18 heavy (non-hydrogen) atoms. The minimum atomic E-state index is -1.25. The first-order valence-electron chi connectivity index (χ1n) is 7.57. The summed E-state index contributed by atoms with van der Waals surface area (Å²) in [5, 5.41) is 21.2. The molecule has 3 heteroatoms. The Balaban J connectivity index is 2.12. The first-order valence-corrected chi connectivity index (χ1v) is 7.57. The van der Waals surface area contributed by atoms with Gasteiger partial charge < -0.3 is 10.2 Å². The molecule has 2 aliphatic carbocycles. The van der Waals surface area contributed by atoms with E-state index in [0.717, 1.165) is 51.4 Å². The van der Waals surface area contributed by atoms with Crippen LogP contribution in [0.1, 0.15) is 77.0 Å². The molecule has 0 atom stereocenters. The summed E-state index contributed by atoms with van der Waals surface area (Å²) in [6, 6.07) is 0. The van der Waals surface area contributed by atoms with Crippen molar-refractivity contribution in [3.63, 3.8) is 0 Å². The van der Waals surface area contributed by atoms with Gasteiger partial charge in [-0.05, 0) is 25.7 Å². The highest BCUT2D eigenvalue weighted by Gasteiger charge is 2.47. The van der Waals surface area contributed by atoms with Gasteiger partial charge in [0.2, 0.25) is 0 Å². The monoisotopic (exact) mass is 254 g/mol. The average Bonchev–Trinajstić information content (AvgIpc) is 2.70. The summed E-state index contributed by atoms with van der Waals surface area (Å²) in [6.07, 6.45) is 10.1. The van der Waals surface area contributed by atoms with E-state index in [-0.39, 0.29) is 5.78 Å². The van der Waals surface area contributed by atoms with Crippen LogP contribution in [0.2, 0.25) is 0 Å². The van der Waals surface area contributed by atoms with Crippen LogP contribution in [0.15, 0.2) is 0 Å². The molecule has 2 fully saturated rings. The number of carbonyl (C=O) groups is 1. The van der Waals surface area contributed by atoms with Crippen molar-refractivity contribution >= 4 is 5.78 Å². The normalized spacial score (nSPS) is 28.1. The fourth-order valence-electron chi connectivity index (χ4n) is 3.51. The van der Waals surface area contributed by atoms with Crippen LogP contribution in [0.4, 0.5) is 0 Å². The van der Waals surface area contributed by atoms with Crippen molar-refractivity contribution in [1.29, 1.82) is 0 Å². The largest absolute Gasteiger partial charge is 0.382 e. The Morgan fingerprint density at radius 3 is 1.17 bits per heavy atom. The Kier molecular flexibility index (Phi) is 4.44. The molecule has 0 heterocycles. The SMILES string of the molecule is O=C(C1(O)CCCCCC1)C1(O)CCCCCC1.